The minimum atomic E-state index is -1.24. The molecule has 1 spiro atoms. The van der Waals surface area contributed by atoms with Gasteiger partial charge in [-0.15, -0.1) is 18.4 Å². The van der Waals surface area contributed by atoms with Gasteiger partial charge in [-0.25, -0.2) is 0 Å². The van der Waals surface area contributed by atoms with Gasteiger partial charge in [0.05, 0.1) is 20.3 Å². The lowest BCUT2D eigenvalue weighted by Crippen LogP contribution is -2.49. The van der Waals surface area contributed by atoms with Crippen molar-refractivity contribution in [3.63, 3.8) is 0 Å². The van der Waals surface area contributed by atoms with E-state index in [2.05, 4.69) is 32.3 Å². The van der Waals surface area contributed by atoms with E-state index in [1.165, 1.54) is 7.11 Å². The topological polar surface area (TPSA) is 61.8 Å². The maximum absolute atomic E-state index is 13.4. The summed E-state index contributed by atoms with van der Waals surface area (Å²) in [6.07, 6.45) is 3.63. The number of hydrogen-bond acceptors (Lipinski definition) is 5. The highest BCUT2D eigenvalue weighted by Crippen LogP contribution is 2.62. The average Bonchev–Trinajstić information content (AvgIpc) is 3.11. The third-order valence-corrected chi connectivity index (χ3v) is 6.49. The fourth-order valence-electron chi connectivity index (χ4n) is 5.13. The Labute approximate surface area is 161 Å². The van der Waals surface area contributed by atoms with Crippen LogP contribution >= 0.6 is 0 Å². The molecule has 1 saturated heterocycles. The number of carbonyl (C=O) groups is 2. The van der Waals surface area contributed by atoms with Gasteiger partial charge in [-0.3, -0.25) is 9.59 Å². The molecule has 5 heteroatoms. The summed E-state index contributed by atoms with van der Waals surface area (Å²) in [5.74, 6) is 4.10. The van der Waals surface area contributed by atoms with Crippen molar-refractivity contribution in [1.82, 2.24) is 0 Å². The predicted octanol–water partition coefficient (Wildman–Crippen LogP) is 3.13. The Morgan fingerprint density at radius 2 is 2.00 bits per heavy atom. The van der Waals surface area contributed by atoms with Gasteiger partial charge in [0.1, 0.15) is 5.41 Å². The molecule has 0 aromatic carbocycles. The van der Waals surface area contributed by atoms with Gasteiger partial charge in [0.2, 0.25) is 0 Å². The standard InChI is InChI=1S/C22H30O5/c1-6-8-10-22(19(24)25-5)17-12-21(26-13-20(3,4)14-27-21)11-16(17)15(9-7-2)18(22)23/h7,15-17H,2,9-14H2,1,3-5H3/t15-,16-,17-,22-/m0/s1. The largest absolute Gasteiger partial charge is 0.468 e. The Bertz CT molecular complexity index is 687. The number of methoxy groups -OCH3 is 1. The van der Waals surface area contributed by atoms with Gasteiger partial charge in [0.25, 0.3) is 0 Å². The number of esters is 1. The van der Waals surface area contributed by atoms with E-state index in [9.17, 15) is 9.59 Å². The lowest BCUT2D eigenvalue weighted by atomic mass is 9.72. The van der Waals surface area contributed by atoms with E-state index in [1.54, 1.807) is 13.0 Å². The Hall–Kier alpha value is -1.64. The van der Waals surface area contributed by atoms with Crippen LogP contribution in [0.5, 0.6) is 0 Å². The molecule has 0 N–H and O–H groups in total. The third-order valence-electron chi connectivity index (χ3n) is 6.49. The van der Waals surface area contributed by atoms with Crippen molar-refractivity contribution in [3.8, 4) is 11.8 Å². The number of rotatable bonds is 4. The zero-order chi connectivity index (χ0) is 19.9. The van der Waals surface area contributed by atoms with Crippen LogP contribution in [0.1, 0.15) is 46.5 Å². The highest BCUT2D eigenvalue weighted by molar-refractivity contribution is 6.07. The molecule has 3 fully saturated rings. The van der Waals surface area contributed by atoms with E-state index in [4.69, 9.17) is 14.2 Å². The molecule has 5 nitrogen and oxygen atoms in total. The highest BCUT2D eigenvalue weighted by Gasteiger charge is 2.70. The first-order chi connectivity index (χ1) is 12.7. The normalized spacial score (nSPS) is 36.0. The molecule has 0 unspecified atom stereocenters. The molecule has 3 aliphatic rings. The van der Waals surface area contributed by atoms with Crippen molar-refractivity contribution in [2.75, 3.05) is 20.3 Å². The first kappa shape index (κ1) is 20.1. The van der Waals surface area contributed by atoms with Crippen molar-refractivity contribution >= 4 is 11.8 Å². The quantitative estimate of drug-likeness (QED) is 0.327. The van der Waals surface area contributed by atoms with Crippen LogP contribution in [0.25, 0.3) is 0 Å². The number of hydrogen-bond donors (Lipinski definition) is 0. The second-order valence-corrected chi connectivity index (χ2v) is 8.89. The molecule has 0 bridgehead atoms. The fourth-order valence-corrected chi connectivity index (χ4v) is 5.13. The van der Waals surface area contributed by atoms with E-state index in [0.717, 1.165) is 0 Å². The number of carbonyl (C=O) groups excluding carboxylic acids is 2. The maximum Gasteiger partial charge on any atom is 0.320 e. The van der Waals surface area contributed by atoms with E-state index in [-0.39, 0.29) is 35.4 Å². The summed E-state index contributed by atoms with van der Waals surface area (Å²) in [7, 11) is 1.34. The number of Topliss-reactive ketones (excluding diaryl/α,β-unsaturated/α-hetero) is 1. The summed E-state index contributed by atoms with van der Waals surface area (Å²) in [6.45, 7) is 10.9. The van der Waals surface area contributed by atoms with E-state index in [1.807, 2.05) is 0 Å². The molecular formula is C22H30O5. The van der Waals surface area contributed by atoms with Gasteiger partial charge in [0, 0.05) is 30.6 Å². The van der Waals surface area contributed by atoms with Crippen LogP contribution in [0.15, 0.2) is 12.7 Å². The van der Waals surface area contributed by atoms with Crippen molar-refractivity contribution in [1.29, 1.82) is 0 Å². The van der Waals surface area contributed by atoms with Crippen LogP contribution in [0, 0.1) is 40.4 Å². The molecule has 0 amide bonds. The minimum Gasteiger partial charge on any atom is -0.468 e. The van der Waals surface area contributed by atoms with Crippen molar-refractivity contribution in [3.05, 3.63) is 12.7 Å². The minimum absolute atomic E-state index is 0.00877. The number of ether oxygens (including phenoxy) is 3. The van der Waals surface area contributed by atoms with Gasteiger partial charge >= 0.3 is 5.97 Å². The fraction of sp³-hybridized carbons (Fsp3) is 0.727. The van der Waals surface area contributed by atoms with Crippen LogP contribution in [0.2, 0.25) is 0 Å². The van der Waals surface area contributed by atoms with E-state index in [0.29, 0.717) is 32.5 Å². The molecule has 0 aromatic rings. The molecule has 27 heavy (non-hydrogen) atoms. The highest BCUT2D eigenvalue weighted by atomic mass is 16.7. The average molecular weight is 374 g/mol. The SMILES string of the molecule is C=CC[C@@H]1C(=O)[C@@](CC#CC)(C(=O)OC)[C@H]2CC3(C[C@@H]12)OCC(C)(C)CO3. The Morgan fingerprint density at radius 1 is 1.33 bits per heavy atom. The molecule has 0 radical (unpaired) electrons. The third kappa shape index (κ3) is 3.13. The lowest BCUT2D eigenvalue weighted by Gasteiger charge is -2.42. The van der Waals surface area contributed by atoms with Crippen molar-refractivity contribution in [2.24, 2.45) is 28.6 Å². The van der Waals surface area contributed by atoms with Crippen LogP contribution in [-0.4, -0.2) is 37.9 Å². The predicted molar refractivity (Wildman–Crippen MR) is 100 cm³/mol. The Balaban J connectivity index is 1.99. The molecule has 2 saturated carbocycles. The van der Waals surface area contributed by atoms with E-state index < -0.39 is 17.2 Å². The monoisotopic (exact) mass is 374 g/mol. The second kappa shape index (κ2) is 7.07. The number of fused-ring (bicyclic) bond motifs is 1. The van der Waals surface area contributed by atoms with Crippen molar-refractivity contribution < 1.29 is 23.8 Å². The lowest BCUT2D eigenvalue weighted by molar-refractivity contribution is -0.298. The first-order valence-corrected chi connectivity index (χ1v) is 9.66. The van der Waals surface area contributed by atoms with Crippen LogP contribution in [-0.2, 0) is 23.8 Å². The summed E-state index contributed by atoms with van der Waals surface area (Å²) in [6, 6.07) is 0. The molecule has 1 heterocycles. The molecule has 1 aliphatic heterocycles. The molecule has 4 atom stereocenters. The first-order valence-electron chi connectivity index (χ1n) is 9.66. The summed E-state index contributed by atoms with van der Waals surface area (Å²) >= 11 is 0. The van der Waals surface area contributed by atoms with Gasteiger partial charge in [-0.05, 0) is 25.2 Å². The Morgan fingerprint density at radius 3 is 2.56 bits per heavy atom. The summed E-state index contributed by atoms with van der Waals surface area (Å²) in [5.41, 5.74) is -1.27. The maximum atomic E-state index is 13.4. The zero-order valence-corrected chi connectivity index (χ0v) is 16.8. The van der Waals surface area contributed by atoms with Crippen LogP contribution < -0.4 is 0 Å². The zero-order valence-electron chi connectivity index (χ0n) is 16.8. The molecule has 148 valence electrons. The number of allylic oxidation sites excluding steroid dienone is 1. The second-order valence-electron chi connectivity index (χ2n) is 8.89. The van der Waals surface area contributed by atoms with Gasteiger partial charge in [-0.2, -0.15) is 0 Å². The van der Waals surface area contributed by atoms with E-state index >= 15 is 0 Å². The smallest absolute Gasteiger partial charge is 0.320 e. The van der Waals surface area contributed by atoms with Crippen LogP contribution in [0.3, 0.4) is 0 Å². The van der Waals surface area contributed by atoms with Gasteiger partial charge in [0.15, 0.2) is 11.6 Å². The molecule has 2 aliphatic carbocycles. The van der Waals surface area contributed by atoms with Crippen molar-refractivity contribution in [2.45, 2.75) is 52.2 Å². The van der Waals surface area contributed by atoms with Gasteiger partial charge in [-0.1, -0.05) is 19.9 Å². The molecular weight excluding hydrogens is 344 g/mol. The molecule has 0 aromatic heterocycles. The summed E-state index contributed by atoms with van der Waals surface area (Å²) in [4.78, 5) is 26.3. The van der Waals surface area contributed by atoms with Crippen LogP contribution in [0.4, 0.5) is 0 Å². The van der Waals surface area contributed by atoms with Gasteiger partial charge < -0.3 is 14.2 Å². The summed E-state index contributed by atoms with van der Waals surface area (Å²) < 4.78 is 17.5. The number of ketones is 1. The summed E-state index contributed by atoms with van der Waals surface area (Å²) in [5, 5.41) is 0. The Kier molecular flexibility index (Phi) is 5.26. The molecule has 3 rings (SSSR count).